The van der Waals surface area contributed by atoms with Crippen molar-refractivity contribution in [1.82, 2.24) is 14.9 Å². The summed E-state index contributed by atoms with van der Waals surface area (Å²) >= 11 is 0. The summed E-state index contributed by atoms with van der Waals surface area (Å²) < 4.78 is 77.7. The van der Waals surface area contributed by atoms with Crippen LogP contribution in [0.25, 0.3) is 0 Å². The molecule has 0 fully saturated rings. The zero-order valence-electron chi connectivity index (χ0n) is 17.4. The maximum absolute atomic E-state index is 13.0. The first kappa shape index (κ1) is 23.5. The predicted octanol–water partition coefficient (Wildman–Crippen LogP) is 4.60. The Balaban J connectivity index is 1.54. The molecule has 0 saturated carbocycles. The summed E-state index contributed by atoms with van der Waals surface area (Å²) in [6.45, 7) is -0.0158. The fourth-order valence-electron chi connectivity index (χ4n) is 3.80. The van der Waals surface area contributed by atoms with Gasteiger partial charge in [0.25, 0.3) is 11.5 Å². The number of hydrogen-bond acceptors (Lipinski definition) is 3. The second-order valence-electron chi connectivity index (χ2n) is 7.87. The standard InChI is InChI=1S/C23H17F6N3O2/c24-22(25,26)15-5-1-3-13(9-15)10-19-30-18-7-8-32(12-17(18)20(33)31-19)21(34)14-4-2-6-16(11-14)23(27,28)29/h1-6,9,11H,7-8,10,12H2,(H,30,31,33). The van der Waals surface area contributed by atoms with Crippen LogP contribution in [0.5, 0.6) is 0 Å². The lowest BCUT2D eigenvalue weighted by Crippen LogP contribution is -2.40. The van der Waals surface area contributed by atoms with E-state index in [0.29, 0.717) is 11.3 Å². The van der Waals surface area contributed by atoms with Crippen molar-refractivity contribution in [2.45, 2.75) is 31.7 Å². The van der Waals surface area contributed by atoms with Crippen molar-refractivity contribution in [1.29, 1.82) is 0 Å². The molecule has 178 valence electrons. The molecule has 4 rings (SSSR count). The van der Waals surface area contributed by atoms with Crippen molar-refractivity contribution in [2.24, 2.45) is 0 Å². The number of rotatable bonds is 3. The number of benzene rings is 2. The first-order chi connectivity index (χ1) is 15.9. The Bertz CT molecular complexity index is 1300. The highest BCUT2D eigenvalue weighted by molar-refractivity contribution is 5.94. The number of aromatic amines is 1. The van der Waals surface area contributed by atoms with Crippen molar-refractivity contribution >= 4 is 5.91 Å². The summed E-state index contributed by atoms with van der Waals surface area (Å²) in [5.74, 6) is -0.468. The average molecular weight is 481 g/mol. The topological polar surface area (TPSA) is 66.1 Å². The van der Waals surface area contributed by atoms with Crippen LogP contribution in [-0.2, 0) is 31.7 Å². The zero-order chi connectivity index (χ0) is 24.7. The van der Waals surface area contributed by atoms with Crippen LogP contribution in [0.1, 0.15) is 44.1 Å². The van der Waals surface area contributed by atoms with Crippen LogP contribution >= 0.6 is 0 Å². The molecule has 1 N–H and O–H groups in total. The van der Waals surface area contributed by atoms with Gasteiger partial charge in [0.1, 0.15) is 5.82 Å². The smallest absolute Gasteiger partial charge is 0.334 e. The number of alkyl halides is 6. The summed E-state index contributed by atoms with van der Waals surface area (Å²) in [6, 6.07) is 8.73. The Hall–Kier alpha value is -3.63. The van der Waals surface area contributed by atoms with Crippen molar-refractivity contribution in [2.75, 3.05) is 6.54 Å². The highest BCUT2D eigenvalue weighted by atomic mass is 19.4. The quantitative estimate of drug-likeness (QED) is 0.557. The fraction of sp³-hybridized carbons (Fsp3) is 0.261. The molecule has 0 radical (unpaired) electrons. The minimum atomic E-state index is -4.60. The summed E-state index contributed by atoms with van der Waals surface area (Å²) in [6.07, 6.45) is -8.94. The molecule has 5 nitrogen and oxygen atoms in total. The van der Waals surface area contributed by atoms with Gasteiger partial charge >= 0.3 is 12.4 Å². The van der Waals surface area contributed by atoms with E-state index in [1.807, 2.05) is 0 Å². The SMILES string of the molecule is O=C(c1cccc(C(F)(F)F)c1)N1CCc2nc(Cc3cccc(C(F)(F)F)c3)[nH]c(=O)c2C1. The number of carbonyl (C=O) groups is 1. The molecule has 1 aliphatic heterocycles. The van der Waals surface area contributed by atoms with Crippen molar-refractivity contribution in [3.8, 4) is 0 Å². The first-order valence-electron chi connectivity index (χ1n) is 10.2. The second kappa shape index (κ2) is 8.62. The lowest BCUT2D eigenvalue weighted by atomic mass is 10.0. The molecule has 0 unspecified atom stereocenters. The Labute approximate surface area is 189 Å². The summed E-state index contributed by atoms with van der Waals surface area (Å²) in [5.41, 5.74) is -1.55. The number of fused-ring (bicyclic) bond motifs is 1. The van der Waals surface area contributed by atoms with Crippen LogP contribution in [0.3, 0.4) is 0 Å². The second-order valence-corrected chi connectivity index (χ2v) is 7.87. The summed E-state index contributed by atoms with van der Waals surface area (Å²) in [4.78, 5) is 33.5. The largest absolute Gasteiger partial charge is 0.416 e. The van der Waals surface area contributed by atoms with E-state index < -0.39 is 34.9 Å². The van der Waals surface area contributed by atoms with Gasteiger partial charge in [-0.05, 0) is 29.8 Å². The van der Waals surface area contributed by atoms with Gasteiger partial charge < -0.3 is 9.88 Å². The van der Waals surface area contributed by atoms with Gasteiger partial charge in [0.15, 0.2) is 0 Å². The maximum atomic E-state index is 13.0. The number of nitrogens with one attached hydrogen (secondary N) is 1. The summed E-state index contributed by atoms with van der Waals surface area (Å²) in [7, 11) is 0. The normalized spacial score (nSPS) is 14.1. The molecule has 1 amide bonds. The molecule has 0 saturated heterocycles. The third-order valence-corrected chi connectivity index (χ3v) is 5.47. The minimum absolute atomic E-state index is 0.0285. The summed E-state index contributed by atoms with van der Waals surface area (Å²) in [5, 5.41) is 0. The van der Waals surface area contributed by atoms with E-state index in [0.717, 1.165) is 30.3 Å². The van der Waals surface area contributed by atoms with E-state index in [1.165, 1.54) is 23.1 Å². The number of nitrogens with zero attached hydrogens (tertiary/aromatic N) is 2. The Morgan fingerprint density at radius 2 is 1.62 bits per heavy atom. The number of hydrogen-bond donors (Lipinski definition) is 1. The lowest BCUT2D eigenvalue weighted by Gasteiger charge is -2.28. The van der Waals surface area contributed by atoms with Crippen LogP contribution in [0.2, 0.25) is 0 Å². The maximum Gasteiger partial charge on any atom is 0.416 e. The highest BCUT2D eigenvalue weighted by Crippen LogP contribution is 2.31. The number of H-pyrrole nitrogens is 1. The van der Waals surface area contributed by atoms with E-state index in [2.05, 4.69) is 9.97 Å². The number of amides is 1. The molecule has 0 spiro atoms. The molecule has 3 aromatic rings. The molecule has 11 heteroatoms. The minimum Gasteiger partial charge on any atom is -0.334 e. The van der Waals surface area contributed by atoms with Crippen molar-refractivity contribution in [3.63, 3.8) is 0 Å². The molecule has 0 aliphatic carbocycles. The van der Waals surface area contributed by atoms with Crippen LogP contribution < -0.4 is 5.56 Å². The van der Waals surface area contributed by atoms with E-state index in [-0.39, 0.29) is 42.9 Å². The van der Waals surface area contributed by atoms with Gasteiger partial charge in [-0.3, -0.25) is 9.59 Å². The third kappa shape index (κ3) is 4.97. The molecular formula is C23H17F6N3O2. The van der Waals surface area contributed by atoms with E-state index in [4.69, 9.17) is 0 Å². The van der Waals surface area contributed by atoms with Gasteiger partial charge in [-0.1, -0.05) is 24.3 Å². The van der Waals surface area contributed by atoms with E-state index in [9.17, 15) is 35.9 Å². The van der Waals surface area contributed by atoms with Crippen LogP contribution in [-0.4, -0.2) is 27.3 Å². The number of carbonyl (C=O) groups excluding carboxylic acids is 1. The molecule has 1 aromatic heterocycles. The lowest BCUT2D eigenvalue weighted by molar-refractivity contribution is -0.138. The Morgan fingerprint density at radius 1 is 0.971 bits per heavy atom. The Kier molecular flexibility index (Phi) is 5.96. The van der Waals surface area contributed by atoms with Gasteiger partial charge in [0.05, 0.1) is 28.9 Å². The zero-order valence-corrected chi connectivity index (χ0v) is 17.4. The fourth-order valence-corrected chi connectivity index (χ4v) is 3.80. The molecule has 0 bridgehead atoms. The molecule has 34 heavy (non-hydrogen) atoms. The average Bonchev–Trinajstić information content (AvgIpc) is 2.77. The van der Waals surface area contributed by atoms with Crippen molar-refractivity contribution < 1.29 is 31.1 Å². The van der Waals surface area contributed by atoms with Gasteiger partial charge in [0, 0.05) is 24.9 Å². The predicted molar refractivity (Wildman–Crippen MR) is 109 cm³/mol. The molecule has 1 aliphatic rings. The van der Waals surface area contributed by atoms with Crippen molar-refractivity contribution in [3.05, 3.63) is 98.2 Å². The molecule has 2 aromatic carbocycles. The number of halogens is 6. The van der Waals surface area contributed by atoms with E-state index in [1.54, 1.807) is 0 Å². The third-order valence-electron chi connectivity index (χ3n) is 5.47. The van der Waals surface area contributed by atoms with Gasteiger partial charge in [-0.15, -0.1) is 0 Å². The monoisotopic (exact) mass is 481 g/mol. The number of aromatic nitrogens is 2. The van der Waals surface area contributed by atoms with E-state index >= 15 is 0 Å². The molecule has 2 heterocycles. The van der Waals surface area contributed by atoms with Crippen LogP contribution in [0.4, 0.5) is 26.3 Å². The van der Waals surface area contributed by atoms with Gasteiger partial charge in [-0.25, -0.2) is 4.98 Å². The van der Waals surface area contributed by atoms with Crippen LogP contribution in [0.15, 0.2) is 53.3 Å². The van der Waals surface area contributed by atoms with Crippen LogP contribution in [0, 0.1) is 0 Å². The Morgan fingerprint density at radius 3 is 2.29 bits per heavy atom. The molecule has 0 atom stereocenters. The first-order valence-corrected chi connectivity index (χ1v) is 10.2. The van der Waals surface area contributed by atoms with Gasteiger partial charge in [0.2, 0.25) is 0 Å². The van der Waals surface area contributed by atoms with Gasteiger partial charge in [-0.2, -0.15) is 26.3 Å². The molecular weight excluding hydrogens is 464 g/mol. The highest BCUT2D eigenvalue weighted by Gasteiger charge is 2.32.